The monoisotopic (exact) mass is 452 g/mol. The van der Waals surface area contributed by atoms with Gasteiger partial charge in [0.15, 0.2) is 0 Å². The number of aromatic nitrogens is 3. The third-order valence-corrected chi connectivity index (χ3v) is 5.80. The van der Waals surface area contributed by atoms with E-state index in [0.29, 0.717) is 21.6 Å². The minimum atomic E-state index is -4.48. The largest absolute Gasteiger partial charge is 0.416 e. The molecule has 0 unspecified atom stereocenters. The van der Waals surface area contributed by atoms with Crippen molar-refractivity contribution in [3.63, 3.8) is 0 Å². The number of nitrogens with one attached hydrogen (secondary N) is 1. The van der Waals surface area contributed by atoms with Crippen LogP contribution in [0.15, 0.2) is 72.9 Å². The minimum Gasteiger partial charge on any atom is -0.312 e. The Morgan fingerprint density at radius 3 is 2.38 bits per heavy atom. The number of aryl methyl sites for hydroxylation is 1. The molecule has 0 radical (unpaired) electrons. The maximum atomic E-state index is 13.3. The summed E-state index contributed by atoms with van der Waals surface area (Å²) < 4.78 is 43.2. The van der Waals surface area contributed by atoms with E-state index >= 15 is 0 Å². The summed E-state index contributed by atoms with van der Waals surface area (Å²) in [7, 11) is 1.70. The second-order valence-corrected chi connectivity index (χ2v) is 7.93. The Morgan fingerprint density at radius 2 is 1.66 bits per heavy atom. The zero-order valence-electron chi connectivity index (χ0n) is 16.8. The summed E-state index contributed by atoms with van der Waals surface area (Å²) >= 11 is 6.01. The van der Waals surface area contributed by atoms with Gasteiger partial charge in [-0.2, -0.15) is 13.2 Å². The molecule has 2 aromatic heterocycles. The number of benzene rings is 3. The first-order valence-electron chi connectivity index (χ1n) is 9.72. The topological polar surface area (TPSA) is 46.6 Å². The first kappa shape index (κ1) is 20.3. The predicted octanol–water partition coefficient (Wildman–Crippen LogP) is 6.34. The summed E-state index contributed by atoms with van der Waals surface area (Å²) in [5.41, 5.74) is 3.35. The first-order chi connectivity index (χ1) is 15.2. The SMILES string of the molecule is Cn1c(=N)n(-c2cccc(C(F)(F)F)c2)c2c3cc(-c4ccc(Cl)cc4)ccc3ncc21. The van der Waals surface area contributed by atoms with Crippen LogP contribution in [-0.4, -0.2) is 14.1 Å². The fourth-order valence-electron chi connectivity index (χ4n) is 3.91. The number of pyridine rings is 1. The maximum absolute atomic E-state index is 13.3. The highest BCUT2D eigenvalue weighted by molar-refractivity contribution is 6.30. The fraction of sp³-hybridized carbons (Fsp3) is 0.0833. The number of fused-ring (bicyclic) bond motifs is 3. The Morgan fingerprint density at radius 1 is 0.938 bits per heavy atom. The van der Waals surface area contributed by atoms with Crippen molar-refractivity contribution in [2.45, 2.75) is 6.18 Å². The van der Waals surface area contributed by atoms with Crippen LogP contribution in [0.5, 0.6) is 0 Å². The molecule has 3 aromatic carbocycles. The molecular formula is C24H16ClF3N4. The average Bonchev–Trinajstić information content (AvgIpc) is 3.04. The van der Waals surface area contributed by atoms with E-state index < -0.39 is 11.7 Å². The number of nitrogens with zero attached hydrogens (tertiary/aromatic N) is 3. The third-order valence-electron chi connectivity index (χ3n) is 5.54. The number of imidazole rings is 1. The Hall–Kier alpha value is -3.58. The molecule has 0 aliphatic heterocycles. The number of halogens is 4. The summed E-state index contributed by atoms with van der Waals surface area (Å²) in [4.78, 5) is 4.51. The van der Waals surface area contributed by atoms with E-state index in [0.717, 1.165) is 28.6 Å². The molecule has 2 heterocycles. The summed E-state index contributed by atoms with van der Waals surface area (Å²) in [5.74, 6) is 0. The van der Waals surface area contributed by atoms with E-state index in [1.54, 1.807) is 36.0 Å². The molecule has 1 N–H and O–H groups in total. The minimum absolute atomic E-state index is 0.0468. The molecule has 32 heavy (non-hydrogen) atoms. The molecule has 0 atom stereocenters. The van der Waals surface area contributed by atoms with Gasteiger partial charge in [0, 0.05) is 23.1 Å². The van der Waals surface area contributed by atoms with Crippen LogP contribution in [0.3, 0.4) is 0 Å². The van der Waals surface area contributed by atoms with E-state index in [4.69, 9.17) is 17.0 Å². The van der Waals surface area contributed by atoms with Gasteiger partial charge in [0.05, 0.1) is 28.3 Å². The molecule has 0 aliphatic carbocycles. The lowest BCUT2D eigenvalue weighted by Gasteiger charge is -2.11. The zero-order valence-corrected chi connectivity index (χ0v) is 17.5. The van der Waals surface area contributed by atoms with Gasteiger partial charge in [-0.1, -0.05) is 35.9 Å². The number of rotatable bonds is 2. The Kier molecular flexibility index (Phi) is 4.60. The molecule has 0 fully saturated rings. The molecule has 8 heteroatoms. The van der Waals surface area contributed by atoms with Gasteiger partial charge in [0.1, 0.15) is 0 Å². The van der Waals surface area contributed by atoms with Gasteiger partial charge in [-0.05, 0) is 53.6 Å². The Labute approximate surface area is 185 Å². The van der Waals surface area contributed by atoms with Gasteiger partial charge in [-0.25, -0.2) is 0 Å². The van der Waals surface area contributed by atoms with Crippen LogP contribution in [0.2, 0.25) is 5.02 Å². The quantitative estimate of drug-likeness (QED) is 0.334. The van der Waals surface area contributed by atoms with Crippen molar-refractivity contribution in [1.82, 2.24) is 14.1 Å². The molecule has 5 rings (SSSR count). The molecule has 0 saturated heterocycles. The van der Waals surface area contributed by atoms with Gasteiger partial charge >= 0.3 is 6.18 Å². The highest BCUT2D eigenvalue weighted by Crippen LogP contribution is 2.33. The van der Waals surface area contributed by atoms with E-state index in [1.807, 2.05) is 30.3 Å². The van der Waals surface area contributed by atoms with E-state index in [1.165, 1.54) is 10.6 Å². The number of hydrogen-bond donors (Lipinski definition) is 1. The van der Waals surface area contributed by atoms with Gasteiger partial charge in [-0.15, -0.1) is 0 Å². The van der Waals surface area contributed by atoms with Crippen molar-refractivity contribution in [3.05, 3.63) is 89.1 Å². The molecule has 160 valence electrons. The van der Waals surface area contributed by atoms with Crippen LogP contribution < -0.4 is 5.62 Å². The Bertz CT molecular complexity index is 1550. The summed E-state index contributed by atoms with van der Waals surface area (Å²) in [6.45, 7) is 0. The van der Waals surface area contributed by atoms with Gasteiger partial charge in [0.2, 0.25) is 5.62 Å². The van der Waals surface area contributed by atoms with Crippen LogP contribution >= 0.6 is 11.6 Å². The molecule has 0 bridgehead atoms. The lowest BCUT2D eigenvalue weighted by Crippen LogP contribution is -2.21. The van der Waals surface area contributed by atoms with Crippen LogP contribution in [0.1, 0.15) is 5.56 Å². The number of hydrogen-bond acceptors (Lipinski definition) is 2. The van der Waals surface area contributed by atoms with Crippen molar-refractivity contribution in [2.24, 2.45) is 7.05 Å². The van der Waals surface area contributed by atoms with Crippen LogP contribution in [0.4, 0.5) is 13.2 Å². The van der Waals surface area contributed by atoms with E-state index in [-0.39, 0.29) is 11.3 Å². The first-order valence-corrected chi connectivity index (χ1v) is 10.1. The van der Waals surface area contributed by atoms with Crippen molar-refractivity contribution in [2.75, 3.05) is 0 Å². The van der Waals surface area contributed by atoms with E-state index in [9.17, 15) is 13.2 Å². The highest BCUT2D eigenvalue weighted by Gasteiger charge is 2.30. The zero-order chi connectivity index (χ0) is 22.6. The highest BCUT2D eigenvalue weighted by atomic mass is 35.5. The molecular weight excluding hydrogens is 437 g/mol. The van der Waals surface area contributed by atoms with Crippen molar-refractivity contribution in [3.8, 4) is 16.8 Å². The lowest BCUT2D eigenvalue weighted by atomic mass is 10.0. The Balaban J connectivity index is 1.84. The summed E-state index contributed by atoms with van der Waals surface area (Å²) in [6.07, 6.45) is -2.84. The number of alkyl halides is 3. The standard InChI is InChI=1S/C24H16ClF3N4/c1-31-21-13-30-20-10-7-15(14-5-8-17(25)9-6-14)11-19(20)22(21)32(23(31)29)18-4-2-3-16(12-18)24(26,27)28/h2-13,29H,1H3. The van der Waals surface area contributed by atoms with Crippen LogP contribution in [0.25, 0.3) is 38.8 Å². The van der Waals surface area contributed by atoms with Crippen molar-refractivity contribution in [1.29, 1.82) is 5.41 Å². The van der Waals surface area contributed by atoms with Crippen LogP contribution in [0, 0.1) is 5.41 Å². The van der Waals surface area contributed by atoms with Crippen molar-refractivity contribution >= 4 is 33.5 Å². The fourth-order valence-corrected chi connectivity index (χ4v) is 4.04. The van der Waals surface area contributed by atoms with Crippen LogP contribution in [-0.2, 0) is 13.2 Å². The third kappa shape index (κ3) is 3.26. The second-order valence-electron chi connectivity index (χ2n) is 7.50. The van der Waals surface area contributed by atoms with Gasteiger partial charge in [-0.3, -0.25) is 15.0 Å². The van der Waals surface area contributed by atoms with Gasteiger partial charge < -0.3 is 4.57 Å². The van der Waals surface area contributed by atoms with E-state index in [2.05, 4.69) is 4.98 Å². The normalized spacial score (nSPS) is 12.0. The smallest absolute Gasteiger partial charge is 0.312 e. The molecule has 4 nitrogen and oxygen atoms in total. The lowest BCUT2D eigenvalue weighted by molar-refractivity contribution is -0.137. The average molecular weight is 453 g/mol. The van der Waals surface area contributed by atoms with Gasteiger partial charge in [0.25, 0.3) is 0 Å². The molecule has 0 spiro atoms. The predicted molar refractivity (Wildman–Crippen MR) is 119 cm³/mol. The molecule has 0 amide bonds. The summed E-state index contributed by atoms with van der Waals surface area (Å²) in [5, 5.41) is 9.97. The van der Waals surface area contributed by atoms with Crippen molar-refractivity contribution < 1.29 is 13.2 Å². The summed E-state index contributed by atoms with van der Waals surface area (Å²) in [6, 6.07) is 18.2. The maximum Gasteiger partial charge on any atom is 0.416 e. The molecule has 5 aromatic rings. The molecule has 0 saturated carbocycles. The molecule has 0 aliphatic rings. The second kappa shape index (κ2) is 7.24.